The van der Waals surface area contributed by atoms with E-state index in [1.54, 1.807) is 0 Å². The van der Waals surface area contributed by atoms with Crippen LogP contribution >= 0.6 is 7.82 Å². The Morgan fingerprint density at radius 1 is 0.540 bits per heavy atom. The Hall–Kier alpha value is -2.25. The molecule has 0 amide bonds. The molecular formula is C41H71O8P. The fourth-order valence-corrected chi connectivity index (χ4v) is 5.52. The number of phosphoric acid groups is 1. The Kier molecular flexibility index (Phi) is 34.9. The fourth-order valence-electron chi connectivity index (χ4n) is 5.16. The van der Waals surface area contributed by atoms with Crippen molar-refractivity contribution >= 4 is 19.8 Å². The maximum absolute atomic E-state index is 12.4. The zero-order valence-electron chi connectivity index (χ0n) is 31.5. The Bertz CT molecular complexity index is 995. The lowest BCUT2D eigenvalue weighted by atomic mass is 10.0. The molecule has 1 atom stereocenters. The summed E-state index contributed by atoms with van der Waals surface area (Å²) in [7, 11) is -4.76. The van der Waals surface area contributed by atoms with Gasteiger partial charge in [-0.1, -0.05) is 158 Å². The van der Waals surface area contributed by atoms with E-state index in [1.165, 1.54) is 57.8 Å². The van der Waals surface area contributed by atoms with Crippen molar-refractivity contribution in [1.82, 2.24) is 0 Å². The number of phosphoric ester groups is 1. The van der Waals surface area contributed by atoms with Gasteiger partial charge in [0.15, 0.2) is 6.10 Å². The van der Waals surface area contributed by atoms with Gasteiger partial charge in [0.05, 0.1) is 6.61 Å². The number of allylic oxidation sites excluding steroid dienone is 10. The molecule has 0 bridgehead atoms. The van der Waals surface area contributed by atoms with Crippen LogP contribution in [0.1, 0.15) is 168 Å². The van der Waals surface area contributed by atoms with Crippen LogP contribution < -0.4 is 0 Å². The summed E-state index contributed by atoms with van der Waals surface area (Å²) >= 11 is 0. The van der Waals surface area contributed by atoms with Gasteiger partial charge in [-0.25, -0.2) is 4.57 Å². The van der Waals surface area contributed by atoms with Crippen LogP contribution in [0.5, 0.6) is 0 Å². The third-order valence-electron chi connectivity index (χ3n) is 8.05. The van der Waals surface area contributed by atoms with Gasteiger partial charge < -0.3 is 19.3 Å². The number of carbonyl (C=O) groups excluding carboxylic acids is 2. The van der Waals surface area contributed by atoms with Crippen LogP contribution in [-0.4, -0.2) is 41.0 Å². The highest BCUT2D eigenvalue weighted by atomic mass is 31.2. The van der Waals surface area contributed by atoms with Gasteiger partial charge in [0.25, 0.3) is 0 Å². The van der Waals surface area contributed by atoms with E-state index >= 15 is 0 Å². The second kappa shape index (κ2) is 36.5. The Morgan fingerprint density at radius 3 is 1.44 bits per heavy atom. The molecule has 0 heterocycles. The first-order valence-electron chi connectivity index (χ1n) is 19.6. The van der Waals surface area contributed by atoms with E-state index in [0.717, 1.165) is 70.6 Å². The maximum Gasteiger partial charge on any atom is 0.469 e. The van der Waals surface area contributed by atoms with Gasteiger partial charge in [0, 0.05) is 12.8 Å². The molecule has 0 fully saturated rings. The molecule has 0 spiro atoms. The Labute approximate surface area is 305 Å². The van der Waals surface area contributed by atoms with Crippen LogP contribution in [0.2, 0.25) is 0 Å². The molecule has 8 nitrogen and oxygen atoms in total. The molecule has 0 rings (SSSR count). The van der Waals surface area contributed by atoms with Crippen molar-refractivity contribution in [1.29, 1.82) is 0 Å². The molecule has 0 aliphatic heterocycles. The first-order valence-corrected chi connectivity index (χ1v) is 21.1. The lowest BCUT2D eigenvalue weighted by molar-refractivity contribution is -0.161. The van der Waals surface area contributed by atoms with Crippen LogP contribution in [0, 0.1) is 0 Å². The molecule has 0 aromatic carbocycles. The molecule has 0 aliphatic carbocycles. The summed E-state index contributed by atoms with van der Waals surface area (Å²) in [5.41, 5.74) is 0. The first kappa shape index (κ1) is 47.8. The molecular weight excluding hydrogens is 651 g/mol. The largest absolute Gasteiger partial charge is 0.469 e. The fraction of sp³-hybridized carbons (Fsp3) is 0.707. The second-order valence-electron chi connectivity index (χ2n) is 12.9. The number of ether oxygens (including phenoxy) is 2. The zero-order valence-corrected chi connectivity index (χ0v) is 32.4. The summed E-state index contributed by atoms with van der Waals surface area (Å²) in [6.45, 7) is 3.53. The summed E-state index contributed by atoms with van der Waals surface area (Å²) in [6.07, 6.45) is 45.1. The van der Waals surface area contributed by atoms with Crippen molar-refractivity contribution in [2.45, 2.75) is 174 Å². The minimum absolute atomic E-state index is 0.204. The minimum Gasteiger partial charge on any atom is -0.462 e. The lowest BCUT2D eigenvalue weighted by Gasteiger charge is -2.18. The monoisotopic (exact) mass is 722 g/mol. The lowest BCUT2D eigenvalue weighted by Crippen LogP contribution is -2.29. The van der Waals surface area contributed by atoms with Gasteiger partial charge in [-0.2, -0.15) is 0 Å². The normalized spacial score (nSPS) is 13.1. The van der Waals surface area contributed by atoms with Crippen molar-refractivity contribution in [2.24, 2.45) is 0 Å². The Balaban J connectivity index is 4.02. The van der Waals surface area contributed by atoms with Crippen molar-refractivity contribution in [3.8, 4) is 0 Å². The number of esters is 2. The van der Waals surface area contributed by atoms with Crippen molar-refractivity contribution in [2.75, 3.05) is 13.2 Å². The first-order chi connectivity index (χ1) is 24.3. The molecule has 0 radical (unpaired) electrons. The summed E-state index contributed by atoms with van der Waals surface area (Å²) < 4.78 is 26.3. The molecule has 9 heteroatoms. The van der Waals surface area contributed by atoms with Crippen LogP contribution in [0.25, 0.3) is 0 Å². The highest BCUT2D eigenvalue weighted by Gasteiger charge is 2.22. The highest BCUT2D eigenvalue weighted by Crippen LogP contribution is 2.36. The van der Waals surface area contributed by atoms with Crippen molar-refractivity contribution in [3.63, 3.8) is 0 Å². The molecule has 0 aromatic rings. The van der Waals surface area contributed by atoms with Crippen LogP contribution in [0.15, 0.2) is 60.8 Å². The molecule has 50 heavy (non-hydrogen) atoms. The second-order valence-corrected chi connectivity index (χ2v) is 14.1. The van der Waals surface area contributed by atoms with E-state index in [1.807, 2.05) is 0 Å². The molecule has 0 aliphatic rings. The van der Waals surface area contributed by atoms with E-state index in [0.29, 0.717) is 12.8 Å². The summed E-state index contributed by atoms with van der Waals surface area (Å²) in [5.74, 6) is -0.924. The predicted molar refractivity (Wildman–Crippen MR) is 207 cm³/mol. The number of hydrogen-bond donors (Lipinski definition) is 2. The highest BCUT2D eigenvalue weighted by molar-refractivity contribution is 7.46. The topological polar surface area (TPSA) is 119 Å². The average Bonchev–Trinajstić information content (AvgIpc) is 3.08. The van der Waals surface area contributed by atoms with E-state index in [4.69, 9.17) is 19.3 Å². The number of unbranched alkanes of at least 4 members (excludes halogenated alkanes) is 15. The molecule has 0 unspecified atom stereocenters. The van der Waals surface area contributed by atoms with Gasteiger partial charge in [-0.05, 0) is 57.8 Å². The molecule has 288 valence electrons. The smallest absolute Gasteiger partial charge is 0.462 e. The van der Waals surface area contributed by atoms with Crippen LogP contribution in [0.3, 0.4) is 0 Å². The van der Waals surface area contributed by atoms with Gasteiger partial charge in [0.1, 0.15) is 6.61 Å². The van der Waals surface area contributed by atoms with Crippen molar-refractivity contribution < 1.29 is 37.9 Å². The van der Waals surface area contributed by atoms with E-state index in [2.05, 4.69) is 79.1 Å². The predicted octanol–water partition coefficient (Wildman–Crippen LogP) is 11.7. The number of carbonyl (C=O) groups is 2. The Morgan fingerprint density at radius 2 is 0.960 bits per heavy atom. The van der Waals surface area contributed by atoms with E-state index < -0.39 is 32.5 Å². The summed E-state index contributed by atoms with van der Waals surface area (Å²) in [4.78, 5) is 42.7. The third kappa shape index (κ3) is 38.6. The third-order valence-corrected chi connectivity index (χ3v) is 8.54. The van der Waals surface area contributed by atoms with Gasteiger partial charge in [-0.15, -0.1) is 0 Å². The van der Waals surface area contributed by atoms with Crippen LogP contribution in [-0.2, 0) is 28.2 Å². The molecule has 0 saturated carbocycles. The van der Waals surface area contributed by atoms with Gasteiger partial charge in [-0.3, -0.25) is 14.1 Å². The number of hydrogen-bond acceptors (Lipinski definition) is 6. The molecule has 0 saturated heterocycles. The van der Waals surface area contributed by atoms with E-state index in [-0.39, 0.29) is 19.4 Å². The SMILES string of the molecule is CC/C=C\C/C=C\C/C=C\C/C=C\C/C=C\CCCCCC(=O)OC[C@H](COP(=O)(O)O)OC(=O)CCCCCCCCCCCCCCC. The standard InChI is InChI=1S/C41H71O8P/c1-3-5-7-9-11-13-15-17-18-19-20-21-22-24-25-27-29-31-33-35-40(42)47-37-39(38-48-50(44,45)46)49-41(43)36-34-32-30-28-26-23-16-14-12-10-8-6-4-2/h5,7,11,13,17-18,20-21,24-25,39H,3-4,6,8-10,12,14-16,19,22-23,26-38H2,1-2H3,(H2,44,45,46)/b7-5-,13-11-,18-17-,21-20-,25-24-/t39-/m1/s1. The molecule has 0 aromatic heterocycles. The average molecular weight is 723 g/mol. The quantitative estimate of drug-likeness (QED) is 0.0287. The minimum atomic E-state index is -4.76. The summed E-state index contributed by atoms with van der Waals surface area (Å²) in [6, 6.07) is 0. The maximum atomic E-state index is 12.4. The van der Waals surface area contributed by atoms with Crippen LogP contribution in [0.4, 0.5) is 0 Å². The van der Waals surface area contributed by atoms with Crippen molar-refractivity contribution in [3.05, 3.63) is 60.8 Å². The van der Waals surface area contributed by atoms with Gasteiger partial charge in [0.2, 0.25) is 0 Å². The summed E-state index contributed by atoms with van der Waals surface area (Å²) in [5, 5.41) is 0. The number of rotatable bonds is 35. The molecule has 2 N–H and O–H groups in total. The van der Waals surface area contributed by atoms with E-state index in [9.17, 15) is 14.2 Å². The zero-order chi connectivity index (χ0) is 36.8. The van der Waals surface area contributed by atoms with Gasteiger partial charge >= 0.3 is 19.8 Å².